The van der Waals surface area contributed by atoms with Crippen LogP contribution in [-0.2, 0) is 23.8 Å². The van der Waals surface area contributed by atoms with Crippen LogP contribution in [0.15, 0.2) is 47.9 Å². The van der Waals surface area contributed by atoms with Crippen LogP contribution in [0.3, 0.4) is 0 Å². The summed E-state index contributed by atoms with van der Waals surface area (Å²) in [7, 11) is 0. The number of hydrogen-bond donors (Lipinski definition) is 0. The van der Waals surface area contributed by atoms with Crippen LogP contribution >= 0.6 is 46.1 Å². The summed E-state index contributed by atoms with van der Waals surface area (Å²) in [6.45, 7) is 18.3. The number of ketones is 1. The zero-order valence-corrected chi connectivity index (χ0v) is 30.7. The molecule has 7 nitrogen and oxygen atoms in total. The fourth-order valence-electron chi connectivity index (χ4n) is 4.73. The van der Waals surface area contributed by atoms with E-state index in [1.807, 2.05) is 6.92 Å². The molecule has 47 heavy (non-hydrogen) atoms. The quantitative estimate of drug-likeness (QED) is 0.0679. The van der Waals surface area contributed by atoms with Crippen LogP contribution in [0.25, 0.3) is 6.08 Å². The maximum atomic E-state index is 13.9. The highest BCUT2D eigenvalue weighted by molar-refractivity contribution is 7.09. The minimum Gasteiger partial charge on any atom is -0.457 e. The van der Waals surface area contributed by atoms with Crippen LogP contribution in [0.4, 0.5) is 18.0 Å². The average molecular weight is 745 g/mol. The molecule has 0 unspecified atom stereocenters. The van der Waals surface area contributed by atoms with E-state index in [0.29, 0.717) is 23.8 Å². The Kier molecular flexibility index (Phi) is 16.7. The average Bonchev–Trinajstić information content (AvgIpc) is 3.36. The Balaban J connectivity index is 3.20. The van der Waals surface area contributed by atoms with Gasteiger partial charge in [-0.05, 0) is 43.8 Å². The molecule has 0 aromatic carbocycles. The van der Waals surface area contributed by atoms with Crippen molar-refractivity contribution in [1.29, 1.82) is 0 Å². The Bertz CT molecular complexity index is 1320. The van der Waals surface area contributed by atoms with Gasteiger partial charge in [-0.15, -0.1) is 17.9 Å². The first kappa shape index (κ1) is 42.7. The lowest BCUT2D eigenvalue weighted by Crippen LogP contribution is -2.44. The maximum Gasteiger partial charge on any atom is 0.508 e. The monoisotopic (exact) mass is 743 g/mol. The molecule has 14 heteroatoms. The Labute approximate surface area is 294 Å². The first-order chi connectivity index (χ1) is 21.5. The van der Waals surface area contributed by atoms with Crippen molar-refractivity contribution in [2.45, 2.75) is 89.9 Å². The highest BCUT2D eigenvalue weighted by atomic mass is 35.6. The topological polar surface area (TPSA) is 91.8 Å². The summed E-state index contributed by atoms with van der Waals surface area (Å²) in [5, 5.41) is 2.58. The number of Topliss-reactive ketones (excluding diaryl/α,β-unsaturated/α-hetero) is 1. The lowest BCUT2D eigenvalue weighted by Gasteiger charge is -2.36. The molecule has 0 saturated carbocycles. The number of alkyl halides is 6. The molecule has 5 atom stereocenters. The van der Waals surface area contributed by atoms with Crippen LogP contribution in [-0.4, -0.2) is 51.7 Å². The number of carbonyl (C=O) groups is 3. The van der Waals surface area contributed by atoms with Gasteiger partial charge < -0.3 is 14.2 Å². The van der Waals surface area contributed by atoms with E-state index in [2.05, 4.69) is 18.1 Å². The molecule has 1 rings (SSSR count). The van der Waals surface area contributed by atoms with Crippen LogP contribution in [0.2, 0.25) is 0 Å². The summed E-state index contributed by atoms with van der Waals surface area (Å²) in [6, 6.07) is 0. The summed E-state index contributed by atoms with van der Waals surface area (Å²) in [4.78, 5) is 43.9. The Morgan fingerprint density at radius 1 is 1.06 bits per heavy atom. The summed E-state index contributed by atoms with van der Waals surface area (Å²) >= 11 is 18.4. The fourth-order valence-corrected chi connectivity index (χ4v) is 5.47. The van der Waals surface area contributed by atoms with Gasteiger partial charge in [0.05, 0.1) is 22.2 Å². The van der Waals surface area contributed by atoms with Crippen LogP contribution in [0.5, 0.6) is 0 Å². The van der Waals surface area contributed by atoms with Crippen molar-refractivity contribution in [1.82, 2.24) is 4.98 Å². The van der Waals surface area contributed by atoms with Gasteiger partial charge in [-0.2, -0.15) is 13.2 Å². The molecule has 1 aromatic heterocycles. The molecule has 264 valence electrons. The normalized spacial score (nSPS) is 16.4. The molecule has 0 saturated heterocycles. The van der Waals surface area contributed by atoms with Gasteiger partial charge in [0, 0.05) is 23.6 Å². The smallest absolute Gasteiger partial charge is 0.457 e. The molecule has 0 amide bonds. The number of esters is 1. The van der Waals surface area contributed by atoms with Crippen molar-refractivity contribution >= 4 is 70.1 Å². The fraction of sp³-hybridized carbons (Fsp3) is 0.576. The number of aromatic nitrogens is 1. The van der Waals surface area contributed by atoms with E-state index >= 15 is 0 Å². The van der Waals surface area contributed by atoms with Gasteiger partial charge in [-0.3, -0.25) is 9.59 Å². The van der Waals surface area contributed by atoms with Crippen molar-refractivity contribution < 1.29 is 41.8 Å². The van der Waals surface area contributed by atoms with E-state index < -0.39 is 63.7 Å². The number of halogens is 6. The molecule has 0 spiro atoms. The van der Waals surface area contributed by atoms with Gasteiger partial charge in [-0.25, -0.2) is 9.78 Å². The van der Waals surface area contributed by atoms with Crippen molar-refractivity contribution in [3.63, 3.8) is 0 Å². The second-order valence-corrected chi connectivity index (χ2v) is 15.6. The second-order valence-electron chi connectivity index (χ2n) is 12.0. The van der Waals surface area contributed by atoms with E-state index in [-0.39, 0.29) is 24.5 Å². The molecule has 0 radical (unpaired) electrons. The third-order valence-corrected chi connectivity index (χ3v) is 8.94. The molecule has 0 fully saturated rings. The minimum atomic E-state index is -4.63. The Morgan fingerprint density at radius 3 is 2.17 bits per heavy atom. The maximum absolute atomic E-state index is 13.9. The molecule has 1 aromatic rings. The number of allylic oxidation sites excluding steroid dienone is 3. The first-order valence-electron chi connectivity index (χ1n) is 14.8. The summed E-state index contributed by atoms with van der Waals surface area (Å²) in [5.74, 6) is -2.78. The number of ether oxygens (including phenoxy) is 3. The molecular formula is C33H43Cl3F3NO6S. The van der Waals surface area contributed by atoms with E-state index in [4.69, 9.17) is 49.0 Å². The summed E-state index contributed by atoms with van der Waals surface area (Å²) < 4.78 is 54.4. The van der Waals surface area contributed by atoms with Crippen LogP contribution in [0.1, 0.15) is 71.5 Å². The molecule has 0 N–H and O–H groups in total. The van der Waals surface area contributed by atoms with Crippen molar-refractivity contribution in [2.75, 3.05) is 6.61 Å². The molecule has 1 heterocycles. The van der Waals surface area contributed by atoms with Gasteiger partial charge >= 0.3 is 18.3 Å². The van der Waals surface area contributed by atoms with Crippen LogP contribution in [0, 0.1) is 30.1 Å². The van der Waals surface area contributed by atoms with E-state index in [1.165, 1.54) is 11.3 Å². The highest BCUT2D eigenvalue weighted by Gasteiger charge is 2.43. The standard InChI is InChI=1S/C33H43Cl3F3NO6S/c1-10-12-19(3)28(46-30(43)44-18-32(34,35)36)22(6)29(42)31(8,9)21(5)16-27(41)45-26(14-13-24(11-2)33(37,38)39)20(4)15-25-17-47-23(7)40-25/h10-11,13,15,17,19,21-22,26,28H,1-2,12,14,16,18H2,3-9H3/b20-15+,24-13+/t19-,21-,22+,26-,28-/m0/s1. The molecule has 0 aliphatic rings. The van der Waals surface area contributed by atoms with Gasteiger partial charge in [0.2, 0.25) is 3.79 Å². The zero-order chi connectivity index (χ0) is 36.3. The van der Waals surface area contributed by atoms with E-state index in [1.54, 1.807) is 59.1 Å². The Morgan fingerprint density at radius 2 is 1.68 bits per heavy atom. The molecular weight excluding hydrogens is 702 g/mol. The number of nitrogens with zero attached hydrogens (tertiary/aromatic N) is 1. The third kappa shape index (κ3) is 14.4. The van der Waals surface area contributed by atoms with Crippen LogP contribution < -0.4 is 0 Å². The van der Waals surface area contributed by atoms with Gasteiger partial charge in [0.1, 0.15) is 24.6 Å². The third-order valence-electron chi connectivity index (χ3n) is 7.82. The lowest BCUT2D eigenvalue weighted by atomic mass is 9.69. The first-order valence-corrected chi connectivity index (χ1v) is 16.8. The number of rotatable bonds is 17. The number of thiazole rings is 1. The zero-order valence-electron chi connectivity index (χ0n) is 27.6. The Hall–Kier alpha value is -2.34. The number of aryl methyl sites for hydroxylation is 1. The molecule has 0 bridgehead atoms. The highest BCUT2D eigenvalue weighted by Crippen LogP contribution is 2.37. The predicted octanol–water partition coefficient (Wildman–Crippen LogP) is 10.2. The largest absolute Gasteiger partial charge is 0.508 e. The van der Waals surface area contributed by atoms with Crippen molar-refractivity contribution in [3.05, 3.63) is 58.6 Å². The van der Waals surface area contributed by atoms with E-state index in [0.717, 1.165) is 11.1 Å². The van der Waals surface area contributed by atoms with Gasteiger partial charge in [-0.1, -0.05) is 94.2 Å². The summed E-state index contributed by atoms with van der Waals surface area (Å²) in [5.41, 5.74) is -1.01. The number of hydrogen-bond acceptors (Lipinski definition) is 8. The van der Waals surface area contributed by atoms with E-state index in [9.17, 15) is 27.6 Å². The van der Waals surface area contributed by atoms with Crippen molar-refractivity contribution in [2.24, 2.45) is 23.2 Å². The van der Waals surface area contributed by atoms with Crippen molar-refractivity contribution in [3.8, 4) is 0 Å². The lowest BCUT2D eigenvalue weighted by molar-refractivity contribution is -0.150. The summed E-state index contributed by atoms with van der Waals surface area (Å²) in [6.07, 6.45) is -2.89. The second kappa shape index (κ2) is 18.4. The minimum absolute atomic E-state index is 0.221. The SMILES string of the molecule is C=CC[C@H](C)[C@H](OC(=O)OCC(Cl)(Cl)Cl)[C@@H](C)C(=O)C(C)(C)[C@@H](C)CC(=O)O[C@@H](C/C=C(\C=C)C(F)(F)F)/C(C)=C/c1csc(C)n1. The number of carbonyl (C=O) groups excluding carboxylic acids is 3. The molecule has 0 aliphatic carbocycles. The predicted molar refractivity (Wildman–Crippen MR) is 182 cm³/mol. The molecule has 0 aliphatic heterocycles. The van der Waals surface area contributed by atoms with Gasteiger partial charge in [0.25, 0.3) is 0 Å². The van der Waals surface area contributed by atoms with Gasteiger partial charge in [0.15, 0.2) is 0 Å².